The van der Waals surface area contributed by atoms with Gasteiger partial charge >= 0.3 is 0 Å². The molecule has 0 aromatic carbocycles. The Morgan fingerprint density at radius 3 is 2.47 bits per heavy atom. The van der Waals surface area contributed by atoms with Crippen molar-refractivity contribution in [2.75, 3.05) is 0 Å². The van der Waals surface area contributed by atoms with Gasteiger partial charge in [-0.2, -0.15) is 0 Å². The van der Waals surface area contributed by atoms with Crippen LogP contribution in [0, 0.1) is 0 Å². The molecule has 0 saturated heterocycles. The Hall–Kier alpha value is -0.640. The van der Waals surface area contributed by atoms with Gasteiger partial charge < -0.3 is 12.6 Å². The van der Waals surface area contributed by atoms with Crippen LogP contribution in [0.5, 0.6) is 0 Å². The van der Waals surface area contributed by atoms with E-state index in [0.717, 1.165) is 6.42 Å². The van der Waals surface area contributed by atoms with Gasteiger partial charge in [0, 0.05) is 11.5 Å². The Labute approximate surface area is 97.9 Å². The first-order chi connectivity index (χ1) is 7.16. The van der Waals surface area contributed by atoms with Crippen LogP contribution in [-0.2, 0) is 33.1 Å². The van der Waals surface area contributed by atoms with Gasteiger partial charge in [-0.3, -0.25) is 4.57 Å². The van der Waals surface area contributed by atoms with E-state index in [-0.39, 0.29) is 0 Å². The monoisotopic (exact) mass is 227 g/mol. The van der Waals surface area contributed by atoms with Gasteiger partial charge in [-0.25, -0.2) is 0 Å². The average Bonchev–Trinajstić information content (AvgIpc) is 2.44. The van der Waals surface area contributed by atoms with Crippen molar-refractivity contribution in [3.8, 4) is 0 Å². The molecule has 1 aromatic rings. The lowest BCUT2D eigenvalue weighted by atomic mass is 10.1. The standard InChI is InChI=1S/C11H21N3S/c1-4-5-6-7-8-9-10-13(2)11(15)12-14(10)3/h4-9H2,1-3H3. The molecule has 0 N–H and O–H groups in total. The number of unbranched alkanes of at least 4 members (excludes halogenated alkanes) is 4. The van der Waals surface area contributed by atoms with E-state index in [1.807, 2.05) is 23.3 Å². The summed E-state index contributed by atoms with van der Waals surface area (Å²) >= 11 is 5.11. The van der Waals surface area contributed by atoms with Crippen LogP contribution in [0.1, 0.15) is 44.9 Å². The van der Waals surface area contributed by atoms with Crippen molar-refractivity contribution in [3.05, 3.63) is 5.82 Å². The maximum atomic E-state index is 5.11. The lowest BCUT2D eigenvalue weighted by Crippen LogP contribution is -2.34. The molecule has 0 fully saturated rings. The summed E-state index contributed by atoms with van der Waals surface area (Å²) in [6.07, 6.45) is 7.63. The van der Waals surface area contributed by atoms with E-state index in [0.29, 0.717) is 5.16 Å². The fourth-order valence-electron chi connectivity index (χ4n) is 1.80. The number of aromatic nitrogens is 3. The van der Waals surface area contributed by atoms with Crippen molar-refractivity contribution in [1.82, 2.24) is 9.78 Å². The highest BCUT2D eigenvalue weighted by atomic mass is 32.1. The summed E-state index contributed by atoms with van der Waals surface area (Å²) in [6, 6.07) is 0. The Bertz CT molecular complexity index is 307. The normalized spacial score (nSPS) is 10.9. The van der Waals surface area contributed by atoms with Crippen LogP contribution in [-0.4, -0.2) is 9.78 Å². The van der Waals surface area contributed by atoms with Crippen LogP contribution in [0.25, 0.3) is 0 Å². The molecule has 0 bridgehead atoms. The molecule has 1 heterocycles. The molecule has 0 unspecified atom stereocenters. The van der Waals surface area contributed by atoms with Crippen LogP contribution >= 0.6 is 0 Å². The molecule has 0 atom stereocenters. The summed E-state index contributed by atoms with van der Waals surface area (Å²) in [4.78, 5) is 0. The molecule has 0 saturated carbocycles. The van der Waals surface area contributed by atoms with Crippen LogP contribution < -0.4 is 4.57 Å². The molecule has 0 aliphatic heterocycles. The number of aryl methyl sites for hydroxylation is 1. The zero-order valence-corrected chi connectivity index (χ0v) is 10.8. The summed E-state index contributed by atoms with van der Waals surface area (Å²) < 4.78 is 3.91. The molecule has 0 amide bonds. The molecule has 0 radical (unpaired) electrons. The Morgan fingerprint density at radius 1 is 1.27 bits per heavy atom. The van der Waals surface area contributed by atoms with Gasteiger partial charge in [-0.05, 0) is 6.42 Å². The zero-order chi connectivity index (χ0) is 11.3. The Kier molecular flexibility index (Phi) is 5.02. The van der Waals surface area contributed by atoms with E-state index in [4.69, 9.17) is 12.6 Å². The fraction of sp³-hybridized carbons (Fsp3) is 0.818. The van der Waals surface area contributed by atoms with Gasteiger partial charge in [0.25, 0.3) is 0 Å². The molecule has 86 valence electrons. The molecule has 3 nitrogen and oxygen atoms in total. The quantitative estimate of drug-likeness (QED) is 0.419. The molecule has 0 spiro atoms. The molecular formula is C11H21N3S. The second kappa shape index (κ2) is 6.05. The first-order valence-electron chi connectivity index (χ1n) is 5.75. The molecule has 4 heteroatoms. The predicted molar refractivity (Wildman–Crippen MR) is 62.5 cm³/mol. The van der Waals surface area contributed by atoms with E-state index < -0.39 is 0 Å². The first-order valence-corrected chi connectivity index (χ1v) is 6.16. The summed E-state index contributed by atoms with van der Waals surface area (Å²) in [6.45, 7) is 2.24. The van der Waals surface area contributed by atoms with Gasteiger partial charge in [0.2, 0.25) is 5.82 Å². The molecule has 1 rings (SSSR count). The Balaban J connectivity index is 2.37. The second-order valence-electron chi connectivity index (χ2n) is 4.05. The van der Waals surface area contributed by atoms with Crippen molar-refractivity contribution in [2.24, 2.45) is 14.1 Å². The van der Waals surface area contributed by atoms with Crippen molar-refractivity contribution in [1.29, 1.82) is 0 Å². The number of nitrogens with zero attached hydrogens (tertiary/aromatic N) is 3. The lowest BCUT2D eigenvalue weighted by Gasteiger charge is -2.00. The highest BCUT2D eigenvalue weighted by Crippen LogP contribution is 2.06. The smallest absolute Gasteiger partial charge is 0.234 e. The highest BCUT2D eigenvalue weighted by molar-refractivity contribution is 7.58. The summed E-state index contributed by atoms with van der Waals surface area (Å²) in [5, 5.41) is 4.90. The number of rotatable bonds is 6. The minimum Gasteiger partial charge on any atom is -0.703 e. The van der Waals surface area contributed by atoms with Crippen LogP contribution in [0.3, 0.4) is 0 Å². The largest absolute Gasteiger partial charge is 0.703 e. The lowest BCUT2D eigenvalue weighted by molar-refractivity contribution is -0.716. The maximum absolute atomic E-state index is 5.11. The van der Waals surface area contributed by atoms with Crippen molar-refractivity contribution >= 4 is 12.6 Å². The molecule has 1 aromatic heterocycles. The SMILES string of the molecule is CCCCCCCc1n(C)nc([S-])[n+]1C. The van der Waals surface area contributed by atoms with E-state index in [2.05, 4.69) is 12.0 Å². The number of hydrogen-bond donors (Lipinski definition) is 0. The van der Waals surface area contributed by atoms with Gasteiger partial charge in [0.05, 0.1) is 14.1 Å². The first kappa shape index (κ1) is 12.4. The predicted octanol–water partition coefficient (Wildman–Crippen LogP) is 1.66. The molecule has 15 heavy (non-hydrogen) atoms. The van der Waals surface area contributed by atoms with Gasteiger partial charge in [0.1, 0.15) is 0 Å². The van der Waals surface area contributed by atoms with Crippen molar-refractivity contribution in [2.45, 2.75) is 50.6 Å². The van der Waals surface area contributed by atoms with Gasteiger partial charge in [-0.1, -0.05) is 32.6 Å². The van der Waals surface area contributed by atoms with Gasteiger partial charge in [0.15, 0.2) is 5.16 Å². The molecule has 0 aliphatic rings. The zero-order valence-electron chi connectivity index (χ0n) is 9.99. The molecule has 0 aliphatic carbocycles. The minimum absolute atomic E-state index is 0.682. The maximum Gasteiger partial charge on any atom is 0.234 e. The molecular weight excluding hydrogens is 206 g/mol. The van der Waals surface area contributed by atoms with E-state index in [1.54, 1.807) is 0 Å². The second-order valence-corrected chi connectivity index (χ2v) is 4.41. The minimum atomic E-state index is 0.682. The summed E-state index contributed by atoms with van der Waals surface area (Å²) in [7, 11) is 3.97. The highest BCUT2D eigenvalue weighted by Gasteiger charge is 2.12. The van der Waals surface area contributed by atoms with Crippen LogP contribution in [0.4, 0.5) is 0 Å². The third-order valence-electron chi connectivity index (χ3n) is 2.79. The van der Waals surface area contributed by atoms with Crippen molar-refractivity contribution in [3.63, 3.8) is 0 Å². The van der Waals surface area contributed by atoms with Crippen LogP contribution in [0.2, 0.25) is 0 Å². The fourth-order valence-corrected chi connectivity index (χ4v) is 2.02. The van der Waals surface area contributed by atoms with E-state index in [9.17, 15) is 0 Å². The number of hydrogen-bond acceptors (Lipinski definition) is 2. The topological polar surface area (TPSA) is 21.7 Å². The third-order valence-corrected chi connectivity index (χ3v) is 3.14. The summed E-state index contributed by atoms with van der Waals surface area (Å²) in [5.41, 5.74) is 0. The van der Waals surface area contributed by atoms with E-state index >= 15 is 0 Å². The Morgan fingerprint density at radius 2 is 1.93 bits per heavy atom. The average molecular weight is 227 g/mol. The van der Waals surface area contributed by atoms with Gasteiger partial charge in [-0.15, -0.1) is 4.68 Å². The van der Waals surface area contributed by atoms with E-state index in [1.165, 1.54) is 37.9 Å². The third kappa shape index (κ3) is 3.45. The summed E-state index contributed by atoms with van der Waals surface area (Å²) in [5.74, 6) is 1.23. The van der Waals surface area contributed by atoms with Crippen molar-refractivity contribution < 1.29 is 4.57 Å². The van der Waals surface area contributed by atoms with Crippen LogP contribution in [0.15, 0.2) is 5.16 Å².